The van der Waals surface area contributed by atoms with Crippen LogP contribution >= 0.6 is 15.9 Å². The van der Waals surface area contributed by atoms with Gasteiger partial charge in [-0.1, -0.05) is 29.3 Å². The van der Waals surface area contributed by atoms with Crippen LogP contribution in [0.25, 0.3) is 0 Å². The number of piperidine rings is 2. The van der Waals surface area contributed by atoms with Gasteiger partial charge in [-0.05, 0) is 37.6 Å². The number of ketones is 1. The summed E-state index contributed by atoms with van der Waals surface area (Å²) in [5.41, 5.74) is 0. The number of alkyl halides is 1. The fourth-order valence-corrected chi connectivity index (χ4v) is 3.74. The molecule has 1 aliphatic carbocycles. The van der Waals surface area contributed by atoms with Gasteiger partial charge in [0, 0.05) is 23.7 Å². The molecule has 3 heteroatoms. The predicted octanol–water partition coefficient (Wildman–Crippen LogP) is 2.75. The van der Waals surface area contributed by atoms with Crippen molar-refractivity contribution in [2.45, 2.75) is 45.1 Å². The van der Waals surface area contributed by atoms with Gasteiger partial charge < -0.3 is 5.32 Å². The van der Waals surface area contributed by atoms with Crippen LogP contribution in [-0.4, -0.2) is 23.7 Å². The lowest BCUT2D eigenvalue weighted by molar-refractivity contribution is -0.127. The highest BCUT2D eigenvalue weighted by Crippen LogP contribution is 2.40. The fourth-order valence-electron chi connectivity index (χ4n) is 3.46. The average Bonchev–Trinajstić information content (AvgIpc) is 2.36. The molecule has 1 saturated carbocycles. The molecule has 2 aliphatic heterocycles. The molecule has 0 aromatic heterocycles. The zero-order chi connectivity index (χ0) is 11.5. The van der Waals surface area contributed by atoms with Crippen molar-refractivity contribution in [1.82, 2.24) is 5.32 Å². The molecule has 0 spiro atoms. The van der Waals surface area contributed by atoms with Gasteiger partial charge in [0.15, 0.2) is 0 Å². The number of nitrogens with one attached hydrogen (secondary N) is 1. The summed E-state index contributed by atoms with van der Waals surface area (Å²) in [5.74, 6) is 2.31. The minimum Gasteiger partial charge on any atom is -0.313 e. The highest BCUT2D eigenvalue weighted by atomic mass is 79.9. The van der Waals surface area contributed by atoms with Crippen LogP contribution in [0.3, 0.4) is 0 Å². The van der Waals surface area contributed by atoms with Crippen molar-refractivity contribution in [3.8, 4) is 0 Å². The van der Waals surface area contributed by atoms with Gasteiger partial charge >= 0.3 is 0 Å². The Morgan fingerprint density at radius 3 is 2.88 bits per heavy atom. The summed E-state index contributed by atoms with van der Waals surface area (Å²) in [4.78, 5) is 12.1. The van der Waals surface area contributed by atoms with Crippen molar-refractivity contribution in [3.63, 3.8) is 0 Å². The minimum atomic E-state index is 0.316. The quantitative estimate of drug-likeness (QED) is 0.788. The van der Waals surface area contributed by atoms with E-state index in [1.165, 1.54) is 12.8 Å². The lowest BCUT2D eigenvalue weighted by Gasteiger charge is -2.47. The number of hydrogen-bond donors (Lipinski definition) is 1. The molecule has 0 radical (unpaired) electrons. The number of carbonyl (C=O) groups excluding carboxylic acids is 1. The molecule has 2 heterocycles. The Kier molecular flexibility index (Phi) is 4.42. The van der Waals surface area contributed by atoms with E-state index in [0.717, 1.165) is 43.0 Å². The molecule has 4 atom stereocenters. The molecule has 92 valence electrons. The van der Waals surface area contributed by atoms with E-state index in [4.69, 9.17) is 0 Å². The van der Waals surface area contributed by atoms with Crippen LogP contribution < -0.4 is 5.32 Å². The second-order valence-corrected chi connectivity index (χ2v) is 6.10. The zero-order valence-electron chi connectivity index (χ0n) is 10.0. The van der Waals surface area contributed by atoms with Gasteiger partial charge in [-0.15, -0.1) is 0 Å². The van der Waals surface area contributed by atoms with E-state index in [1.54, 1.807) is 0 Å². The van der Waals surface area contributed by atoms with Crippen LogP contribution in [0.4, 0.5) is 0 Å². The Hall–Kier alpha value is 0.110. The fraction of sp³-hybridized carbons (Fsp3) is 0.923. The SMILES string of the molecule is CC[C@H]1C[C@H]2CN[C@@H]1C(C(=O)CCCBr)C2. The van der Waals surface area contributed by atoms with Crippen molar-refractivity contribution in [3.05, 3.63) is 0 Å². The molecule has 2 saturated heterocycles. The van der Waals surface area contributed by atoms with Gasteiger partial charge in [0.2, 0.25) is 0 Å². The molecule has 3 rings (SSSR count). The topological polar surface area (TPSA) is 29.1 Å². The summed E-state index contributed by atoms with van der Waals surface area (Å²) < 4.78 is 0. The molecule has 0 aromatic rings. The molecule has 1 unspecified atom stereocenters. The van der Waals surface area contributed by atoms with Crippen LogP contribution in [0.2, 0.25) is 0 Å². The van der Waals surface area contributed by atoms with E-state index in [9.17, 15) is 4.79 Å². The Labute approximate surface area is 107 Å². The monoisotopic (exact) mass is 287 g/mol. The first-order valence-electron chi connectivity index (χ1n) is 6.58. The second kappa shape index (κ2) is 5.63. The predicted molar refractivity (Wildman–Crippen MR) is 69.8 cm³/mol. The van der Waals surface area contributed by atoms with E-state index in [-0.39, 0.29) is 0 Å². The molecule has 0 amide bonds. The molecule has 2 nitrogen and oxygen atoms in total. The summed E-state index contributed by atoms with van der Waals surface area (Å²) >= 11 is 3.40. The first kappa shape index (κ1) is 12.6. The smallest absolute Gasteiger partial charge is 0.137 e. The van der Waals surface area contributed by atoms with Crippen molar-refractivity contribution >= 4 is 21.7 Å². The third-order valence-corrected chi connectivity index (χ3v) is 4.86. The number of fused-ring (bicyclic) bond motifs is 3. The van der Waals surface area contributed by atoms with Crippen molar-refractivity contribution < 1.29 is 4.79 Å². The van der Waals surface area contributed by atoms with Crippen molar-refractivity contribution in [2.24, 2.45) is 17.8 Å². The van der Waals surface area contributed by atoms with Gasteiger partial charge in [-0.2, -0.15) is 0 Å². The minimum absolute atomic E-state index is 0.316. The molecule has 2 bridgehead atoms. The number of Topliss-reactive ketones (excluding diaryl/α,β-unsaturated/α-hetero) is 1. The van der Waals surface area contributed by atoms with Crippen LogP contribution in [0, 0.1) is 17.8 Å². The number of hydrogen-bond acceptors (Lipinski definition) is 2. The standard InChI is InChI=1S/C13H22BrNO/c1-2-10-6-9-7-11(13(10)15-8-9)12(16)4-3-5-14/h9-11,13,15H,2-8H2,1H3/t9-,10+,11?,13+/m1/s1. The Morgan fingerprint density at radius 2 is 2.25 bits per heavy atom. The lowest BCUT2D eigenvalue weighted by atomic mass is 9.65. The van der Waals surface area contributed by atoms with Gasteiger partial charge in [-0.3, -0.25) is 4.79 Å². The third kappa shape index (κ3) is 2.51. The second-order valence-electron chi connectivity index (χ2n) is 5.31. The van der Waals surface area contributed by atoms with Crippen LogP contribution in [-0.2, 0) is 4.79 Å². The zero-order valence-corrected chi connectivity index (χ0v) is 11.6. The largest absolute Gasteiger partial charge is 0.313 e. The first-order chi connectivity index (χ1) is 7.76. The van der Waals surface area contributed by atoms with E-state index in [2.05, 4.69) is 28.2 Å². The number of carbonyl (C=O) groups is 1. The summed E-state index contributed by atoms with van der Waals surface area (Å²) in [5, 5.41) is 4.54. The van der Waals surface area contributed by atoms with Gasteiger partial charge in [-0.25, -0.2) is 0 Å². The van der Waals surface area contributed by atoms with Crippen LogP contribution in [0.5, 0.6) is 0 Å². The molecule has 16 heavy (non-hydrogen) atoms. The summed E-state index contributed by atoms with van der Waals surface area (Å²) in [6.07, 6.45) is 5.46. The number of rotatable bonds is 5. The van der Waals surface area contributed by atoms with Crippen LogP contribution in [0.15, 0.2) is 0 Å². The average molecular weight is 288 g/mol. The van der Waals surface area contributed by atoms with E-state index >= 15 is 0 Å². The van der Waals surface area contributed by atoms with Gasteiger partial charge in [0.1, 0.15) is 5.78 Å². The lowest BCUT2D eigenvalue weighted by Crippen LogP contribution is -2.57. The van der Waals surface area contributed by atoms with Gasteiger partial charge in [0.05, 0.1) is 0 Å². The maximum absolute atomic E-state index is 12.1. The van der Waals surface area contributed by atoms with Crippen LogP contribution in [0.1, 0.15) is 39.0 Å². The number of halogens is 1. The Bertz CT molecular complexity index is 256. The Balaban J connectivity index is 1.97. The highest BCUT2D eigenvalue weighted by molar-refractivity contribution is 9.09. The van der Waals surface area contributed by atoms with E-state index < -0.39 is 0 Å². The molecular formula is C13H22BrNO. The van der Waals surface area contributed by atoms with E-state index in [0.29, 0.717) is 17.7 Å². The Morgan fingerprint density at radius 1 is 1.44 bits per heavy atom. The van der Waals surface area contributed by atoms with Crippen molar-refractivity contribution in [2.75, 3.05) is 11.9 Å². The first-order valence-corrected chi connectivity index (χ1v) is 7.70. The molecule has 3 aliphatic rings. The molecule has 0 aromatic carbocycles. The van der Waals surface area contributed by atoms with Crippen molar-refractivity contribution in [1.29, 1.82) is 0 Å². The van der Waals surface area contributed by atoms with Gasteiger partial charge in [0.25, 0.3) is 0 Å². The maximum atomic E-state index is 12.1. The van der Waals surface area contributed by atoms with E-state index in [1.807, 2.05) is 0 Å². The normalized spacial score (nSPS) is 37.6. The summed E-state index contributed by atoms with van der Waals surface area (Å²) in [6, 6.07) is 0.484. The maximum Gasteiger partial charge on any atom is 0.137 e. The molecule has 3 fully saturated rings. The molecule has 1 N–H and O–H groups in total. The highest BCUT2D eigenvalue weighted by Gasteiger charge is 2.43. The summed E-state index contributed by atoms with van der Waals surface area (Å²) in [6.45, 7) is 3.40. The molecular weight excluding hydrogens is 266 g/mol. The summed E-state index contributed by atoms with van der Waals surface area (Å²) in [7, 11) is 0. The third-order valence-electron chi connectivity index (χ3n) is 4.30.